The highest BCUT2D eigenvalue weighted by molar-refractivity contribution is 7.71. The van der Waals surface area contributed by atoms with Gasteiger partial charge in [0.1, 0.15) is 0 Å². The van der Waals surface area contributed by atoms with E-state index < -0.39 is 0 Å². The summed E-state index contributed by atoms with van der Waals surface area (Å²) in [5.74, 6) is 0. The first-order chi connectivity index (χ1) is 18.4. The maximum absolute atomic E-state index is 5.76. The molecule has 0 aliphatic heterocycles. The molecule has 38 heavy (non-hydrogen) atoms. The number of imidazole rings is 3. The van der Waals surface area contributed by atoms with Gasteiger partial charge in [0, 0.05) is 13.6 Å². The first kappa shape index (κ1) is 25.9. The molecule has 7 rings (SSSR count). The van der Waals surface area contributed by atoms with Crippen LogP contribution < -0.4 is 0 Å². The smallest absolute Gasteiger partial charge is 0.182 e. The van der Waals surface area contributed by atoms with Gasteiger partial charge < -0.3 is 24.9 Å². The summed E-state index contributed by atoms with van der Waals surface area (Å²) in [5.41, 5.74) is 8.58. The molecule has 3 heterocycles. The Balaban J connectivity index is 0.000000166. The fraction of sp³-hybridized carbons (Fsp3) is 0.0357. The first-order valence-corrected chi connectivity index (χ1v) is 13.3. The number of halogens is 1. The Morgan fingerprint density at radius 2 is 1.18 bits per heavy atom. The molecular weight excluding hydrogens is 552 g/mol. The zero-order valence-electron chi connectivity index (χ0n) is 20.2. The number of fused-ring (bicyclic) bond motifs is 3. The number of rotatable bonds is 1. The third-order valence-corrected chi connectivity index (χ3v) is 6.68. The summed E-state index contributed by atoms with van der Waals surface area (Å²) in [6.45, 7) is 2.06. The zero-order chi connectivity index (χ0) is 26.6. The summed E-state index contributed by atoms with van der Waals surface area (Å²) in [5, 5.41) is 0.711. The van der Waals surface area contributed by atoms with Gasteiger partial charge in [0.15, 0.2) is 14.3 Å². The number of aromatic nitrogens is 6. The fourth-order valence-corrected chi connectivity index (χ4v) is 4.97. The van der Waals surface area contributed by atoms with E-state index in [9.17, 15) is 0 Å². The van der Waals surface area contributed by atoms with Crippen LogP contribution >= 0.6 is 48.3 Å². The van der Waals surface area contributed by atoms with Gasteiger partial charge in [-0.15, -0.1) is 0 Å². The molecule has 194 valence electrons. The summed E-state index contributed by atoms with van der Waals surface area (Å²) in [7, 11) is 0. The standard InChI is InChI=1S/C13H10N2S.C8H8N2S.C7H5ClN2S.2H2/c16-13-14-11-8-4-5-9-12(11)15(13)10-6-2-1-3-7-10;1-5-2-3-6-7(4-5)10-8(11)9-6;8-4-1-2-5-6(3-4)10-7(11)9-5;;/h1-9H,(H,14,16);2-4H,1H3,(H2,9,10,11);1-3H,(H2,9,10,11);2*1H. The molecule has 0 spiro atoms. The van der Waals surface area contributed by atoms with E-state index in [0.29, 0.717) is 14.6 Å². The monoisotopic (exact) mass is 578 g/mol. The third kappa shape index (κ3) is 5.87. The van der Waals surface area contributed by atoms with Gasteiger partial charge in [-0.2, -0.15) is 0 Å². The topological polar surface area (TPSA) is 83.9 Å². The summed E-state index contributed by atoms with van der Waals surface area (Å²) >= 11 is 20.9. The minimum absolute atomic E-state index is 0. The van der Waals surface area contributed by atoms with Gasteiger partial charge in [-0.25, -0.2) is 0 Å². The Kier molecular flexibility index (Phi) is 7.71. The molecule has 0 radical (unpaired) electrons. The number of aromatic amines is 5. The zero-order valence-corrected chi connectivity index (χ0v) is 23.4. The summed E-state index contributed by atoms with van der Waals surface area (Å²) < 4.78 is 4.09. The van der Waals surface area contributed by atoms with E-state index in [1.807, 2.05) is 65.2 Å². The molecule has 3 aromatic heterocycles. The molecule has 4 aromatic carbocycles. The van der Waals surface area contributed by atoms with Crippen molar-refractivity contribution in [2.75, 3.05) is 0 Å². The Morgan fingerprint density at radius 3 is 1.89 bits per heavy atom. The van der Waals surface area contributed by atoms with Crippen molar-refractivity contribution in [3.8, 4) is 5.69 Å². The summed E-state index contributed by atoms with van der Waals surface area (Å²) in [6.07, 6.45) is 0. The van der Waals surface area contributed by atoms with Crippen LogP contribution in [0.25, 0.3) is 38.8 Å². The molecule has 0 saturated heterocycles. The van der Waals surface area contributed by atoms with Gasteiger partial charge in [-0.05, 0) is 104 Å². The van der Waals surface area contributed by atoms with Gasteiger partial charge >= 0.3 is 0 Å². The molecule has 7 aromatic rings. The highest BCUT2D eigenvalue weighted by Gasteiger charge is 2.04. The minimum Gasteiger partial charge on any atom is -0.331 e. The van der Waals surface area contributed by atoms with Crippen LogP contribution in [0.3, 0.4) is 0 Å². The molecular formula is C28H27ClN6S3. The van der Waals surface area contributed by atoms with Crippen LogP contribution in [0.1, 0.15) is 8.42 Å². The lowest BCUT2D eigenvalue weighted by atomic mass is 10.2. The number of nitrogens with one attached hydrogen (secondary N) is 5. The van der Waals surface area contributed by atoms with Crippen molar-refractivity contribution in [3.05, 3.63) is 116 Å². The van der Waals surface area contributed by atoms with Crippen molar-refractivity contribution >= 4 is 81.4 Å². The van der Waals surface area contributed by atoms with E-state index in [2.05, 4.69) is 62.2 Å². The maximum Gasteiger partial charge on any atom is 0.182 e. The van der Waals surface area contributed by atoms with Crippen molar-refractivity contribution in [1.82, 2.24) is 29.5 Å². The second-order valence-corrected chi connectivity index (χ2v) is 10.2. The van der Waals surface area contributed by atoms with Crippen LogP contribution in [0, 0.1) is 21.2 Å². The number of hydrogen-bond donors (Lipinski definition) is 5. The van der Waals surface area contributed by atoms with Crippen LogP contribution in [0.4, 0.5) is 0 Å². The highest BCUT2D eigenvalue weighted by Crippen LogP contribution is 2.19. The average molecular weight is 579 g/mol. The SMILES string of the molecule is Cc1ccc2[nH]c(=S)[nH]c2c1.S=c1[nH]c2ccc(Cl)cc2[nH]1.S=c1[nH]c2ccccc2n1-c1ccccc1.[HH].[HH]. The Morgan fingerprint density at radius 1 is 0.605 bits per heavy atom. The van der Waals surface area contributed by atoms with E-state index in [1.165, 1.54) is 5.56 Å². The predicted octanol–water partition coefficient (Wildman–Crippen LogP) is 9.59. The number of nitrogens with zero attached hydrogens (tertiary/aromatic N) is 1. The first-order valence-electron chi connectivity index (χ1n) is 11.7. The second-order valence-electron chi connectivity index (χ2n) is 8.52. The van der Waals surface area contributed by atoms with Crippen molar-refractivity contribution in [2.24, 2.45) is 0 Å². The summed E-state index contributed by atoms with van der Waals surface area (Å²) in [4.78, 5) is 15.3. The molecule has 0 unspecified atom stereocenters. The van der Waals surface area contributed by atoms with Crippen LogP contribution in [0.5, 0.6) is 0 Å². The lowest BCUT2D eigenvalue weighted by Crippen LogP contribution is -1.92. The molecule has 6 nitrogen and oxygen atoms in total. The molecule has 0 aliphatic carbocycles. The van der Waals surface area contributed by atoms with Crippen LogP contribution in [0.15, 0.2) is 91.0 Å². The normalized spacial score (nSPS) is 10.7. The molecule has 0 bridgehead atoms. The molecule has 0 amide bonds. The summed E-state index contributed by atoms with van der Waals surface area (Å²) in [6, 6.07) is 30.0. The predicted molar refractivity (Wildman–Crippen MR) is 169 cm³/mol. The maximum atomic E-state index is 5.76. The highest BCUT2D eigenvalue weighted by atomic mass is 35.5. The van der Waals surface area contributed by atoms with E-state index in [0.717, 1.165) is 43.6 Å². The molecule has 0 aliphatic rings. The lowest BCUT2D eigenvalue weighted by molar-refractivity contribution is 1.06. The van der Waals surface area contributed by atoms with Crippen molar-refractivity contribution < 1.29 is 2.85 Å². The number of benzene rings is 4. The molecule has 10 heteroatoms. The average Bonchev–Trinajstić information content (AvgIpc) is 3.56. The molecule has 5 N–H and O–H groups in total. The number of aryl methyl sites for hydroxylation is 1. The van der Waals surface area contributed by atoms with E-state index in [4.69, 9.17) is 48.3 Å². The van der Waals surface area contributed by atoms with Gasteiger partial charge in [-0.1, -0.05) is 48.0 Å². The third-order valence-electron chi connectivity index (χ3n) is 5.75. The Labute approximate surface area is 241 Å². The lowest BCUT2D eigenvalue weighted by Gasteiger charge is -2.03. The second kappa shape index (κ2) is 11.3. The number of para-hydroxylation sites is 3. The van der Waals surface area contributed by atoms with E-state index in [-0.39, 0.29) is 2.85 Å². The van der Waals surface area contributed by atoms with Crippen molar-refractivity contribution in [3.63, 3.8) is 0 Å². The van der Waals surface area contributed by atoms with Gasteiger partial charge in [-0.3, -0.25) is 4.57 Å². The van der Waals surface area contributed by atoms with Gasteiger partial charge in [0.2, 0.25) is 0 Å². The largest absolute Gasteiger partial charge is 0.331 e. The minimum atomic E-state index is 0. The quantitative estimate of drug-likeness (QED) is 0.126. The van der Waals surface area contributed by atoms with Gasteiger partial charge in [0.05, 0.1) is 33.1 Å². The number of H-pyrrole nitrogens is 5. The van der Waals surface area contributed by atoms with Crippen LogP contribution in [-0.4, -0.2) is 29.5 Å². The number of hydrogen-bond acceptors (Lipinski definition) is 3. The molecule has 0 saturated carbocycles. The fourth-order valence-electron chi connectivity index (χ4n) is 4.04. The molecule has 0 fully saturated rings. The van der Waals surface area contributed by atoms with Crippen LogP contribution in [-0.2, 0) is 0 Å². The van der Waals surface area contributed by atoms with Crippen molar-refractivity contribution in [2.45, 2.75) is 6.92 Å². The van der Waals surface area contributed by atoms with Crippen molar-refractivity contribution in [1.29, 1.82) is 0 Å². The Bertz CT molecular complexity index is 1950. The van der Waals surface area contributed by atoms with E-state index >= 15 is 0 Å². The van der Waals surface area contributed by atoms with Crippen LogP contribution in [0.2, 0.25) is 5.02 Å². The molecule has 0 atom stereocenters. The Hall–Kier alpha value is -3.76. The van der Waals surface area contributed by atoms with E-state index in [1.54, 1.807) is 0 Å². The van der Waals surface area contributed by atoms with Gasteiger partial charge in [0.25, 0.3) is 0 Å².